The molecule has 0 spiro atoms. The van der Waals surface area contributed by atoms with Crippen molar-refractivity contribution in [2.75, 3.05) is 11.5 Å². The highest BCUT2D eigenvalue weighted by Crippen LogP contribution is 2.35. The van der Waals surface area contributed by atoms with Gasteiger partial charge < -0.3 is 5.32 Å². The summed E-state index contributed by atoms with van der Waals surface area (Å²) < 4.78 is 0. The summed E-state index contributed by atoms with van der Waals surface area (Å²) in [5.41, 5.74) is 0.512. The molecule has 0 aromatic heterocycles. The van der Waals surface area contributed by atoms with Crippen molar-refractivity contribution >= 4 is 11.8 Å². The molecule has 0 heterocycles. The van der Waals surface area contributed by atoms with Crippen LogP contribution in [-0.4, -0.2) is 23.1 Å². The second-order valence-corrected chi connectivity index (χ2v) is 6.54. The second kappa shape index (κ2) is 6.15. The van der Waals surface area contributed by atoms with E-state index in [1.165, 1.54) is 37.2 Å². The van der Waals surface area contributed by atoms with Crippen molar-refractivity contribution < 1.29 is 0 Å². The lowest BCUT2D eigenvalue weighted by molar-refractivity contribution is 0.165. The first-order valence-corrected chi connectivity index (χ1v) is 7.59. The van der Waals surface area contributed by atoms with Crippen LogP contribution in [0.2, 0.25) is 0 Å². The zero-order chi connectivity index (χ0) is 11.3. The van der Waals surface area contributed by atoms with E-state index in [2.05, 4.69) is 44.8 Å². The minimum absolute atomic E-state index is 0.512. The molecule has 1 aliphatic carbocycles. The Labute approximate surface area is 99.8 Å². The molecule has 0 amide bonds. The fraction of sp³-hybridized carbons (Fsp3) is 1.00. The van der Waals surface area contributed by atoms with E-state index >= 15 is 0 Å². The molecule has 1 fully saturated rings. The molecule has 1 aliphatic rings. The van der Waals surface area contributed by atoms with Gasteiger partial charge in [0.15, 0.2) is 0 Å². The van der Waals surface area contributed by atoms with Crippen LogP contribution in [0.3, 0.4) is 0 Å². The van der Waals surface area contributed by atoms with Gasteiger partial charge >= 0.3 is 0 Å². The molecule has 0 radical (unpaired) electrons. The van der Waals surface area contributed by atoms with Gasteiger partial charge in [-0.25, -0.2) is 0 Å². The largest absolute Gasteiger partial charge is 0.308 e. The lowest BCUT2D eigenvalue weighted by Crippen LogP contribution is -2.54. The first-order valence-electron chi connectivity index (χ1n) is 6.43. The van der Waals surface area contributed by atoms with Crippen molar-refractivity contribution in [1.29, 1.82) is 0 Å². The van der Waals surface area contributed by atoms with Crippen LogP contribution in [0.15, 0.2) is 0 Å². The van der Waals surface area contributed by atoms with Gasteiger partial charge in [0.2, 0.25) is 0 Å². The topological polar surface area (TPSA) is 12.0 Å². The van der Waals surface area contributed by atoms with Gasteiger partial charge in [0, 0.05) is 17.3 Å². The lowest BCUT2D eigenvalue weighted by atomic mass is 9.74. The number of thioether (sulfide) groups is 1. The van der Waals surface area contributed by atoms with Crippen LogP contribution >= 0.6 is 11.8 Å². The van der Waals surface area contributed by atoms with Crippen molar-refractivity contribution in [3.05, 3.63) is 0 Å². The number of rotatable bonds is 7. The van der Waals surface area contributed by atoms with Crippen LogP contribution in [0.4, 0.5) is 0 Å². The zero-order valence-corrected chi connectivity index (χ0v) is 11.6. The van der Waals surface area contributed by atoms with Crippen LogP contribution in [-0.2, 0) is 0 Å². The second-order valence-electron chi connectivity index (χ2n) is 5.46. The predicted octanol–water partition coefficient (Wildman–Crippen LogP) is 3.69. The molecular formula is C13H27NS. The molecule has 1 saturated carbocycles. The third kappa shape index (κ3) is 4.36. The van der Waals surface area contributed by atoms with E-state index in [1.54, 1.807) is 0 Å². The summed E-state index contributed by atoms with van der Waals surface area (Å²) in [4.78, 5) is 0. The van der Waals surface area contributed by atoms with Crippen LogP contribution in [0.1, 0.15) is 53.4 Å². The average Bonchev–Trinajstić information content (AvgIpc) is 2.11. The average molecular weight is 229 g/mol. The Morgan fingerprint density at radius 2 is 1.87 bits per heavy atom. The van der Waals surface area contributed by atoms with E-state index in [0.717, 1.165) is 5.92 Å². The lowest BCUT2D eigenvalue weighted by Gasteiger charge is -2.44. The Morgan fingerprint density at radius 1 is 1.20 bits per heavy atom. The summed E-state index contributed by atoms with van der Waals surface area (Å²) in [6.45, 7) is 9.25. The molecule has 0 aliphatic heterocycles. The standard InChI is InChI=1S/C13H27NS/c1-5-13(7-6-8-13)14-12(4)10-15-9-11(2)3/h11-12,14H,5-10H2,1-4H3. The molecule has 1 unspecified atom stereocenters. The first-order chi connectivity index (χ1) is 7.08. The highest BCUT2D eigenvalue weighted by Gasteiger charge is 2.35. The summed E-state index contributed by atoms with van der Waals surface area (Å²) in [6, 6.07) is 0.675. The summed E-state index contributed by atoms with van der Waals surface area (Å²) in [5, 5.41) is 3.83. The molecule has 1 rings (SSSR count). The molecule has 1 nitrogen and oxygen atoms in total. The molecule has 2 heteroatoms. The quantitative estimate of drug-likeness (QED) is 0.714. The molecular weight excluding hydrogens is 202 g/mol. The summed E-state index contributed by atoms with van der Waals surface area (Å²) in [7, 11) is 0. The van der Waals surface area contributed by atoms with Crippen molar-refractivity contribution in [2.24, 2.45) is 5.92 Å². The van der Waals surface area contributed by atoms with E-state index in [4.69, 9.17) is 0 Å². The van der Waals surface area contributed by atoms with Crippen molar-refractivity contribution in [3.63, 3.8) is 0 Å². The number of hydrogen-bond donors (Lipinski definition) is 1. The maximum Gasteiger partial charge on any atom is 0.0181 e. The van der Waals surface area contributed by atoms with Gasteiger partial charge in [-0.1, -0.05) is 20.8 Å². The minimum atomic E-state index is 0.512. The Morgan fingerprint density at radius 3 is 2.27 bits per heavy atom. The Bertz CT molecular complexity index is 170. The van der Waals surface area contributed by atoms with Crippen LogP contribution in [0.5, 0.6) is 0 Å². The molecule has 1 N–H and O–H groups in total. The summed E-state index contributed by atoms with van der Waals surface area (Å²) in [6.07, 6.45) is 5.50. The Kier molecular flexibility index (Phi) is 5.48. The number of nitrogens with one attached hydrogen (secondary N) is 1. The number of hydrogen-bond acceptors (Lipinski definition) is 2. The van der Waals surface area contributed by atoms with Crippen molar-refractivity contribution in [3.8, 4) is 0 Å². The fourth-order valence-corrected chi connectivity index (χ4v) is 3.29. The monoisotopic (exact) mass is 229 g/mol. The Balaban J connectivity index is 2.14. The maximum absolute atomic E-state index is 3.83. The van der Waals surface area contributed by atoms with Crippen LogP contribution in [0.25, 0.3) is 0 Å². The smallest absolute Gasteiger partial charge is 0.0181 e. The van der Waals surface area contributed by atoms with Gasteiger partial charge in [-0.05, 0) is 44.3 Å². The van der Waals surface area contributed by atoms with Gasteiger partial charge in [0.05, 0.1) is 0 Å². The molecule has 1 atom stereocenters. The first kappa shape index (κ1) is 13.4. The molecule has 0 aromatic rings. The van der Waals surface area contributed by atoms with E-state index in [0.29, 0.717) is 11.6 Å². The zero-order valence-electron chi connectivity index (χ0n) is 10.8. The molecule has 15 heavy (non-hydrogen) atoms. The van der Waals surface area contributed by atoms with Gasteiger partial charge in [0.25, 0.3) is 0 Å². The summed E-state index contributed by atoms with van der Waals surface area (Å²) in [5.74, 6) is 3.39. The van der Waals surface area contributed by atoms with Gasteiger partial charge in [-0.3, -0.25) is 0 Å². The maximum atomic E-state index is 3.83. The van der Waals surface area contributed by atoms with Crippen LogP contribution < -0.4 is 5.32 Å². The molecule has 0 saturated heterocycles. The summed E-state index contributed by atoms with van der Waals surface area (Å²) >= 11 is 2.09. The van der Waals surface area contributed by atoms with Crippen molar-refractivity contribution in [2.45, 2.75) is 65.0 Å². The van der Waals surface area contributed by atoms with E-state index in [9.17, 15) is 0 Å². The van der Waals surface area contributed by atoms with Crippen molar-refractivity contribution in [1.82, 2.24) is 5.32 Å². The third-order valence-corrected chi connectivity index (χ3v) is 5.00. The SMILES string of the molecule is CCC1(NC(C)CSCC(C)C)CCC1. The molecule has 0 bridgehead atoms. The molecule has 90 valence electrons. The minimum Gasteiger partial charge on any atom is -0.308 e. The highest BCUT2D eigenvalue weighted by atomic mass is 32.2. The molecule has 0 aromatic carbocycles. The normalized spacial score (nSPS) is 21.4. The van der Waals surface area contributed by atoms with Gasteiger partial charge in [0.1, 0.15) is 0 Å². The van der Waals surface area contributed by atoms with Gasteiger partial charge in [-0.2, -0.15) is 11.8 Å². The van der Waals surface area contributed by atoms with E-state index in [-0.39, 0.29) is 0 Å². The van der Waals surface area contributed by atoms with Gasteiger partial charge in [-0.15, -0.1) is 0 Å². The van der Waals surface area contributed by atoms with E-state index < -0.39 is 0 Å². The predicted molar refractivity (Wildman–Crippen MR) is 71.6 cm³/mol. The Hall–Kier alpha value is 0.310. The fourth-order valence-electron chi connectivity index (χ4n) is 2.25. The van der Waals surface area contributed by atoms with E-state index in [1.807, 2.05) is 0 Å². The van der Waals surface area contributed by atoms with Crippen LogP contribution in [0, 0.1) is 5.92 Å². The highest BCUT2D eigenvalue weighted by molar-refractivity contribution is 7.99. The third-order valence-electron chi connectivity index (χ3n) is 3.36.